The van der Waals surface area contributed by atoms with Gasteiger partial charge >= 0.3 is 5.97 Å². The summed E-state index contributed by atoms with van der Waals surface area (Å²) in [6.45, 7) is 6.36. The minimum absolute atomic E-state index is 0.236. The average molecular weight is 358 g/mol. The van der Waals surface area contributed by atoms with E-state index in [1.807, 2.05) is 43.3 Å². The fraction of sp³-hybridized carbons (Fsp3) is 0.381. The van der Waals surface area contributed by atoms with E-state index in [0.717, 1.165) is 11.1 Å². The van der Waals surface area contributed by atoms with Gasteiger partial charge in [0.05, 0.1) is 6.61 Å². The molecule has 0 amide bonds. The maximum absolute atomic E-state index is 12.1. The van der Waals surface area contributed by atoms with Gasteiger partial charge in [0, 0.05) is 6.61 Å². The topological polar surface area (TPSA) is 65.0 Å². The Morgan fingerprint density at radius 3 is 2.42 bits per heavy atom. The standard InChI is InChI=1S/C21H26O5/c1-4-24-20(21(23)25-5-2)19(22)18-12-11-17(13-15(18)3)26-14-16-9-7-6-8-10-16/h6-13,19-20,22H,4-5,14H2,1-3H3. The summed E-state index contributed by atoms with van der Waals surface area (Å²) < 4.78 is 16.2. The number of hydrogen-bond donors (Lipinski definition) is 1. The lowest BCUT2D eigenvalue weighted by atomic mass is 9.99. The molecule has 0 aliphatic heterocycles. The molecule has 0 spiro atoms. The van der Waals surface area contributed by atoms with Gasteiger partial charge in [0.2, 0.25) is 0 Å². The second-order valence-electron chi connectivity index (χ2n) is 5.87. The van der Waals surface area contributed by atoms with Crippen molar-refractivity contribution in [2.45, 2.75) is 39.6 Å². The van der Waals surface area contributed by atoms with Crippen LogP contribution in [-0.4, -0.2) is 30.4 Å². The highest BCUT2D eigenvalue weighted by molar-refractivity contribution is 5.75. The molecular formula is C21H26O5. The van der Waals surface area contributed by atoms with Crippen LogP contribution in [0.15, 0.2) is 48.5 Å². The molecule has 0 aliphatic carbocycles. The van der Waals surface area contributed by atoms with E-state index >= 15 is 0 Å². The van der Waals surface area contributed by atoms with Crippen LogP contribution in [0.5, 0.6) is 5.75 Å². The van der Waals surface area contributed by atoms with Crippen molar-refractivity contribution in [2.24, 2.45) is 0 Å². The lowest BCUT2D eigenvalue weighted by Crippen LogP contribution is -2.33. The van der Waals surface area contributed by atoms with E-state index in [4.69, 9.17) is 14.2 Å². The summed E-state index contributed by atoms with van der Waals surface area (Å²) in [5.41, 5.74) is 2.51. The molecule has 0 aliphatic rings. The third kappa shape index (κ3) is 5.31. The molecule has 2 rings (SSSR count). The first-order chi connectivity index (χ1) is 12.6. The molecule has 26 heavy (non-hydrogen) atoms. The van der Waals surface area contributed by atoms with Crippen LogP contribution in [0.1, 0.15) is 36.6 Å². The number of hydrogen-bond acceptors (Lipinski definition) is 5. The van der Waals surface area contributed by atoms with Crippen molar-refractivity contribution >= 4 is 5.97 Å². The van der Waals surface area contributed by atoms with Crippen molar-refractivity contribution in [3.63, 3.8) is 0 Å². The van der Waals surface area contributed by atoms with Crippen LogP contribution in [0, 0.1) is 6.92 Å². The molecule has 0 bridgehead atoms. The Balaban J connectivity index is 2.10. The number of carbonyl (C=O) groups is 1. The van der Waals surface area contributed by atoms with Gasteiger partial charge in [0.1, 0.15) is 18.5 Å². The fourth-order valence-corrected chi connectivity index (χ4v) is 2.67. The fourth-order valence-electron chi connectivity index (χ4n) is 2.67. The van der Waals surface area contributed by atoms with Gasteiger partial charge in [-0.15, -0.1) is 0 Å². The van der Waals surface area contributed by atoms with Crippen LogP contribution >= 0.6 is 0 Å². The molecule has 5 nitrogen and oxygen atoms in total. The van der Waals surface area contributed by atoms with E-state index in [1.165, 1.54) is 0 Å². The molecule has 2 atom stereocenters. The van der Waals surface area contributed by atoms with E-state index in [0.29, 0.717) is 24.5 Å². The Labute approximate surface area is 154 Å². The molecule has 0 aromatic heterocycles. The van der Waals surface area contributed by atoms with E-state index in [9.17, 15) is 9.90 Å². The number of aliphatic hydroxyl groups excluding tert-OH is 1. The monoisotopic (exact) mass is 358 g/mol. The predicted molar refractivity (Wildman–Crippen MR) is 99.0 cm³/mol. The minimum atomic E-state index is -1.10. The van der Waals surface area contributed by atoms with Crippen molar-refractivity contribution in [1.29, 1.82) is 0 Å². The molecule has 5 heteroatoms. The van der Waals surface area contributed by atoms with Gasteiger partial charge in [-0.25, -0.2) is 4.79 Å². The zero-order valence-electron chi connectivity index (χ0n) is 15.5. The SMILES string of the molecule is CCOC(=O)C(OCC)C(O)c1ccc(OCc2ccccc2)cc1C. The van der Waals surface area contributed by atoms with Gasteiger partial charge in [-0.3, -0.25) is 0 Å². The van der Waals surface area contributed by atoms with Crippen LogP contribution in [-0.2, 0) is 20.9 Å². The Morgan fingerprint density at radius 1 is 1.08 bits per heavy atom. The molecule has 0 heterocycles. The zero-order valence-corrected chi connectivity index (χ0v) is 15.5. The van der Waals surface area contributed by atoms with E-state index in [-0.39, 0.29) is 6.61 Å². The van der Waals surface area contributed by atoms with Crippen molar-refractivity contribution in [1.82, 2.24) is 0 Å². The van der Waals surface area contributed by atoms with E-state index in [1.54, 1.807) is 26.0 Å². The average Bonchev–Trinajstić information content (AvgIpc) is 2.65. The van der Waals surface area contributed by atoms with Crippen LogP contribution in [0.3, 0.4) is 0 Å². The van der Waals surface area contributed by atoms with Gasteiger partial charge in [-0.2, -0.15) is 0 Å². The van der Waals surface area contributed by atoms with Crippen molar-refractivity contribution < 1.29 is 24.1 Å². The van der Waals surface area contributed by atoms with E-state index in [2.05, 4.69) is 0 Å². The maximum atomic E-state index is 12.1. The summed E-state index contributed by atoms with van der Waals surface area (Å²) >= 11 is 0. The Bertz CT molecular complexity index is 699. The number of ether oxygens (including phenoxy) is 3. The van der Waals surface area contributed by atoms with Gasteiger partial charge < -0.3 is 19.3 Å². The van der Waals surface area contributed by atoms with Gasteiger partial charge in [-0.05, 0) is 49.6 Å². The molecular weight excluding hydrogens is 332 g/mol. The molecule has 140 valence electrons. The summed E-state index contributed by atoms with van der Waals surface area (Å²) in [6, 6.07) is 15.3. The molecule has 0 saturated heterocycles. The number of carbonyl (C=O) groups excluding carboxylic acids is 1. The number of aryl methyl sites for hydroxylation is 1. The number of rotatable bonds is 9. The Morgan fingerprint density at radius 2 is 1.81 bits per heavy atom. The summed E-state index contributed by atoms with van der Waals surface area (Å²) in [4.78, 5) is 12.1. The van der Waals surface area contributed by atoms with Crippen LogP contribution < -0.4 is 4.74 Å². The third-order valence-corrected chi connectivity index (χ3v) is 3.96. The second-order valence-corrected chi connectivity index (χ2v) is 5.87. The third-order valence-electron chi connectivity index (χ3n) is 3.96. The zero-order chi connectivity index (χ0) is 18.9. The number of benzene rings is 2. The molecule has 2 unspecified atom stereocenters. The maximum Gasteiger partial charge on any atom is 0.338 e. The molecule has 2 aromatic carbocycles. The van der Waals surface area contributed by atoms with Crippen molar-refractivity contribution in [3.05, 3.63) is 65.2 Å². The van der Waals surface area contributed by atoms with Gasteiger partial charge in [-0.1, -0.05) is 36.4 Å². The predicted octanol–water partition coefficient (Wildman–Crippen LogP) is 3.58. The first-order valence-corrected chi connectivity index (χ1v) is 8.80. The lowest BCUT2D eigenvalue weighted by molar-refractivity contribution is -0.164. The first kappa shape index (κ1) is 19.9. The molecule has 0 fully saturated rings. The molecule has 2 aromatic rings. The highest BCUT2D eigenvalue weighted by Gasteiger charge is 2.31. The minimum Gasteiger partial charge on any atom is -0.489 e. The Kier molecular flexibility index (Phi) is 7.63. The summed E-state index contributed by atoms with van der Waals surface area (Å²) in [6.07, 6.45) is -2.15. The normalized spacial score (nSPS) is 13.1. The lowest BCUT2D eigenvalue weighted by Gasteiger charge is -2.23. The smallest absolute Gasteiger partial charge is 0.338 e. The summed E-state index contributed by atoms with van der Waals surface area (Å²) in [7, 11) is 0. The van der Waals surface area contributed by atoms with Crippen molar-refractivity contribution in [2.75, 3.05) is 13.2 Å². The number of esters is 1. The molecule has 0 radical (unpaired) electrons. The van der Waals surface area contributed by atoms with Gasteiger partial charge in [0.15, 0.2) is 6.10 Å². The summed E-state index contributed by atoms with van der Waals surface area (Å²) in [5, 5.41) is 10.6. The quantitative estimate of drug-likeness (QED) is 0.694. The number of aliphatic hydroxyl groups is 1. The van der Waals surface area contributed by atoms with Crippen LogP contribution in [0.25, 0.3) is 0 Å². The summed E-state index contributed by atoms with van der Waals surface area (Å²) in [5.74, 6) is 0.136. The van der Waals surface area contributed by atoms with Gasteiger partial charge in [0.25, 0.3) is 0 Å². The molecule has 0 saturated carbocycles. The van der Waals surface area contributed by atoms with Crippen LogP contribution in [0.4, 0.5) is 0 Å². The highest BCUT2D eigenvalue weighted by atomic mass is 16.6. The highest BCUT2D eigenvalue weighted by Crippen LogP contribution is 2.27. The van der Waals surface area contributed by atoms with Crippen LogP contribution in [0.2, 0.25) is 0 Å². The largest absolute Gasteiger partial charge is 0.489 e. The second kappa shape index (κ2) is 9.94. The first-order valence-electron chi connectivity index (χ1n) is 8.80. The Hall–Kier alpha value is -2.37. The van der Waals surface area contributed by atoms with E-state index < -0.39 is 18.2 Å². The molecule has 1 N–H and O–H groups in total. The van der Waals surface area contributed by atoms with Crippen molar-refractivity contribution in [3.8, 4) is 5.75 Å².